The van der Waals surface area contributed by atoms with Gasteiger partial charge in [0.2, 0.25) is 0 Å². The van der Waals surface area contributed by atoms with Gasteiger partial charge in [-0.2, -0.15) is 0 Å². The monoisotopic (exact) mass is 425 g/mol. The van der Waals surface area contributed by atoms with Gasteiger partial charge in [0.25, 0.3) is 0 Å². The van der Waals surface area contributed by atoms with Gasteiger partial charge in [-0.15, -0.1) is 11.3 Å². The summed E-state index contributed by atoms with van der Waals surface area (Å²) in [6.45, 7) is 6.59. The highest BCUT2D eigenvalue weighted by Gasteiger charge is 2.16. The molecule has 2 heterocycles. The Labute approximate surface area is 191 Å². The molecule has 0 bridgehead atoms. The highest BCUT2D eigenvalue weighted by Crippen LogP contribution is 2.26. The Morgan fingerprint density at radius 2 is 1.48 bits per heavy atom. The minimum absolute atomic E-state index is 1.05. The predicted octanol–water partition coefficient (Wildman–Crippen LogP) is 7.79. The quantitative estimate of drug-likeness (QED) is 0.322. The number of aryl methyl sites for hydroxylation is 2. The summed E-state index contributed by atoms with van der Waals surface area (Å²) in [6.07, 6.45) is 3.42. The molecular weight excluding hydrogens is 394 g/mol. The van der Waals surface area contributed by atoms with Gasteiger partial charge in [0.1, 0.15) is 0 Å². The number of hydrogen-bond donors (Lipinski definition) is 0. The highest BCUT2D eigenvalue weighted by molar-refractivity contribution is 7.10. The molecule has 158 valence electrons. The SMILES string of the molecule is CCc1cc(-c2ccccc2)cs1.CCc1ccc2c(c1)CN(c1ccccc1)CC2. The molecule has 1 aliphatic rings. The van der Waals surface area contributed by atoms with E-state index in [1.807, 2.05) is 11.3 Å². The largest absolute Gasteiger partial charge is 0.367 e. The van der Waals surface area contributed by atoms with Gasteiger partial charge < -0.3 is 4.90 Å². The average Bonchev–Trinajstić information content (AvgIpc) is 3.34. The number of thiophene rings is 1. The van der Waals surface area contributed by atoms with E-state index in [0.29, 0.717) is 0 Å². The molecule has 0 atom stereocenters. The second-order valence-corrected chi connectivity index (χ2v) is 8.98. The normalized spacial score (nSPS) is 12.6. The molecule has 4 aromatic rings. The zero-order valence-electron chi connectivity index (χ0n) is 18.6. The fourth-order valence-corrected chi connectivity index (χ4v) is 4.88. The Hall–Kier alpha value is -2.84. The number of rotatable bonds is 4. The number of hydrogen-bond acceptors (Lipinski definition) is 2. The Balaban J connectivity index is 0.000000158. The smallest absolute Gasteiger partial charge is 0.0432 e. The van der Waals surface area contributed by atoms with Gasteiger partial charge in [0, 0.05) is 23.7 Å². The maximum Gasteiger partial charge on any atom is 0.0432 e. The van der Waals surface area contributed by atoms with E-state index < -0.39 is 0 Å². The minimum Gasteiger partial charge on any atom is -0.367 e. The van der Waals surface area contributed by atoms with Crippen molar-refractivity contribution in [2.75, 3.05) is 11.4 Å². The van der Waals surface area contributed by atoms with Crippen molar-refractivity contribution >= 4 is 17.0 Å². The predicted molar refractivity (Wildman–Crippen MR) is 136 cm³/mol. The van der Waals surface area contributed by atoms with Gasteiger partial charge in [-0.05, 0) is 70.7 Å². The maximum atomic E-state index is 2.47. The van der Waals surface area contributed by atoms with E-state index in [1.165, 1.54) is 38.4 Å². The fourth-order valence-electron chi connectivity index (χ4n) is 4.04. The molecule has 0 N–H and O–H groups in total. The van der Waals surface area contributed by atoms with Gasteiger partial charge >= 0.3 is 0 Å². The standard InChI is InChI=1S/C17H19N.C12H12S/c1-2-14-8-9-15-10-11-18(13-16(15)12-14)17-6-4-3-5-7-17;1-2-12-8-11(9-13-12)10-6-4-3-5-7-10/h3-9,12H,2,10-11,13H2,1H3;3-9H,2H2,1H3. The molecule has 0 unspecified atom stereocenters. The van der Waals surface area contributed by atoms with Gasteiger partial charge in [-0.25, -0.2) is 0 Å². The molecule has 0 radical (unpaired) electrons. The van der Waals surface area contributed by atoms with Gasteiger partial charge in [-0.3, -0.25) is 0 Å². The third kappa shape index (κ3) is 5.45. The molecule has 0 spiro atoms. The summed E-state index contributed by atoms with van der Waals surface area (Å²) in [4.78, 5) is 3.93. The van der Waals surface area contributed by atoms with Crippen LogP contribution in [0, 0.1) is 0 Å². The first-order chi connectivity index (χ1) is 15.3. The van der Waals surface area contributed by atoms with Crippen LogP contribution in [0.3, 0.4) is 0 Å². The molecule has 3 aromatic carbocycles. The first kappa shape index (κ1) is 21.4. The number of fused-ring (bicyclic) bond motifs is 1. The number of anilines is 1. The minimum atomic E-state index is 1.05. The molecule has 0 fully saturated rings. The Morgan fingerprint density at radius 3 is 2.16 bits per heavy atom. The topological polar surface area (TPSA) is 3.24 Å². The molecule has 5 rings (SSSR count). The summed E-state index contributed by atoms with van der Waals surface area (Å²) in [6, 6.07) is 30.5. The van der Waals surface area contributed by atoms with E-state index in [4.69, 9.17) is 0 Å². The van der Waals surface area contributed by atoms with E-state index in [2.05, 4.69) is 109 Å². The van der Waals surface area contributed by atoms with Crippen LogP contribution in [0.1, 0.15) is 35.4 Å². The maximum absolute atomic E-state index is 2.47. The van der Waals surface area contributed by atoms with Gasteiger partial charge in [0.05, 0.1) is 0 Å². The van der Waals surface area contributed by atoms with Crippen molar-refractivity contribution in [3.63, 3.8) is 0 Å². The molecule has 2 heteroatoms. The van der Waals surface area contributed by atoms with Crippen LogP contribution < -0.4 is 4.90 Å². The Bertz CT molecular complexity index is 1080. The summed E-state index contributed by atoms with van der Waals surface area (Å²) in [5, 5.41) is 2.23. The first-order valence-electron chi connectivity index (χ1n) is 11.3. The lowest BCUT2D eigenvalue weighted by atomic mass is 9.96. The van der Waals surface area contributed by atoms with Crippen molar-refractivity contribution in [3.8, 4) is 11.1 Å². The fraction of sp³-hybridized carbons (Fsp3) is 0.241. The summed E-state index contributed by atoms with van der Waals surface area (Å²) in [5.74, 6) is 0. The first-order valence-corrected chi connectivity index (χ1v) is 12.2. The van der Waals surface area contributed by atoms with Crippen LogP contribution in [0.2, 0.25) is 0 Å². The molecule has 0 aliphatic carbocycles. The molecule has 31 heavy (non-hydrogen) atoms. The molecular formula is C29H31NS. The van der Waals surface area contributed by atoms with Crippen molar-refractivity contribution in [3.05, 3.63) is 112 Å². The second-order valence-electron chi connectivity index (χ2n) is 7.98. The van der Waals surface area contributed by atoms with E-state index in [-0.39, 0.29) is 0 Å². The lowest BCUT2D eigenvalue weighted by molar-refractivity contribution is 0.730. The lowest BCUT2D eigenvalue weighted by Gasteiger charge is -2.31. The summed E-state index contributed by atoms with van der Waals surface area (Å²) < 4.78 is 0. The zero-order chi connectivity index (χ0) is 21.5. The Kier molecular flexibility index (Phi) is 7.22. The van der Waals surface area contributed by atoms with Crippen molar-refractivity contribution in [2.45, 2.75) is 39.7 Å². The van der Waals surface area contributed by atoms with Crippen LogP contribution in [-0.2, 0) is 25.8 Å². The van der Waals surface area contributed by atoms with Crippen LogP contribution in [0.4, 0.5) is 5.69 Å². The number of para-hydroxylation sites is 1. The molecule has 0 saturated carbocycles. The number of benzene rings is 3. The molecule has 1 nitrogen and oxygen atoms in total. The zero-order valence-corrected chi connectivity index (χ0v) is 19.4. The van der Waals surface area contributed by atoms with Crippen molar-refractivity contribution in [1.29, 1.82) is 0 Å². The second kappa shape index (κ2) is 10.5. The molecule has 0 saturated heterocycles. The van der Waals surface area contributed by atoms with E-state index >= 15 is 0 Å². The summed E-state index contributed by atoms with van der Waals surface area (Å²) in [7, 11) is 0. The molecule has 1 aliphatic heterocycles. The summed E-state index contributed by atoms with van der Waals surface area (Å²) in [5.41, 5.74) is 8.48. The van der Waals surface area contributed by atoms with Gasteiger partial charge in [-0.1, -0.05) is 80.6 Å². The van der Waals surface area contributed by atoms with E-state index in [9.17, 15) is 0 Å². The van der Waals surface area contributed by atoms with Gasteiger partial charge in [0.15, 0.2) is 0 Å². The average molecular weight is 426 g/mol. The number of nitrogens with zero attached hydrogens (tertiary/aromatic N) is 1. The van der Waals surface area contributed by atoms with E-state index in [1.54, 1.807) is 0 Å². The highest BCUT2D eigenvalue weighted by atomic mass is 32.1. The third-order valence-electron chi connectivity index (χ3n) is 5.92. The van der Waals surface area contributed by atoms with Crippen LogP contribution in [0.5, 0.6) is 0 Å². The molecule has 0 amide bonds. The molecule has 1 aromatic heterocycles. The van der Waals surface area contributed by atoms with Crippen LogP contribution in [-0.4, -0.2) is 6.54 Å². The van der Waals surface area contributed by atoms with Crippen molar-refractivity contribution < 1.29 is 0 Å². The van der Waals surface area contributed by atoms with Crippen molar-refractivity contribution in [2.24, 2.45) is 0 Å². The van der Waals surface area contributed by atoms with E-state index in [0.717, 1.165) is 32.4 Å². The lowest BCUT2D eigenvalue weighted by Crippen LogP contribution is -2.30. The van der Waals surface area contributed by atoms with Crippen LogP contribution >= 0.6 is 11.3 Å². The van der Waals surface area contributed by atoms with Crippen LogP contribution in [0.25, 0.3) is 11.1 Å². The Morgan fingerprint density at radius 1 is 0.742 bits per heavy atom. The van der Waals surface area contributed by atoms with Crippen molar-refractivity contribution in [1.82, 2.24) is 0 Å². The van der Waals surface area contributed by atoms with Crippen LogP contribution in [0.15, 0.2) is 90.3 Å². The third-order valence-corrected chi connectivity index (χ3v) is 7.00. The summed E-state index contributed by atoms with van der Waals surface area (Å²) >= 11 is 1.84.